The molecule has 0 aliphatic heterocycles. The maximum atomic E-state index is 10.8. The molecule has 1 N–H and O–H groups in total. The topological polar surface area (TPSA) is 38.1 Å². The van der Waals surface area contributed by atoms with Crippen LogP contribution in [0.3, 0.4) is 0 Å². The van der Waals surface area contributed by atoms with E-state index in [1.807, 2.05) is 54.7 Å². The van der Waals surface area contributed by atoms with E-state index in [0.29, 0.717) is 17.3 Å². The smallest absolute Gasteiger partial charge is 0.0812 e. The Balaban J connectivity index is 1.38. The van der Waals surface area contributed by atoms with E-state index in [1.165, 1.54) is 0 Å². The summed E-state index contributed by atoms with van der Waals surface area (Å²) in [5.41, 5.74) is 3.99. The molecule has 5 aromatic rings. The number of halogens is 2. The van der Waals surface area contributed by atoms with Gasteiger partial charge in [-0.25, -0.2) is 4.98 Å². The predicted molar refractivity (Wildman–Crippen MR) is 139 cm³/mol. The molecule has 1 unspecified atom stereocenters. The molecular formula is C26H20BrClN2OS. The van der Waals surface area contributed by atoms with Crippen molar-refractivity contribution in [1.29, 1.82) is 0 Å². The van der Waals surface area contributed by atoms with Crippen molar-refractivity contribution in [2.75, 3.05) is 5.75 Å². The zero-order chi connectivity index (χ0) is 22.1. The number of para-hydroxylation sites is 1. The molecule has 0 radical (unpaired) electrons. The van der Waals surface area contributed by atoms with Crippen LogP contribution in [0.2, 0.25) is 5.02 Å². The molecule has 0 saturated heterocycles. The zero-order valence-electron chi connectivity index (χ0n) is 17.1. The molecule has 6 heteroatoms. The van der Waals surface area contributed by atoms with Crippen molar-refractivity contribution in [2.24, 2.45) is 0 Å². The van der Waals surface area contributed by atoms with Gasteiger partial charge in [-0.1, -0.05) is 57.9 Å². The Labute approximate surface area is 204 Å². The fourth-order valence-corrected chi connectivity index (χ4v) is 5.33. The van der Waals surface area contributed by atoms with Crippen LogP contribution in [-0.2, 0) is 6.54 Å². The number of hydrogen-bond acceptors (Lipinski definition) is 3. The molecule has 1 atom stereocenters. The normalized spacial score (nSPS) is 12.5. The van der Waals surface area contributed by atoms with Crippen LogP contribution in [0.15, 0.2) is 94.4 Å². The summed E-state index contributed by atoms with van der Waals surface area (Å²) >= 11 is 11.2. The molecule has 0 fully saturated rings. The van der Waals surface area contributed by atoms with Gasteiger partial charge in [0.25, 0.3) is 0 Å². The van der Waals surface area contributed by atoms with Crippen molar-refractivity contribution in [3.63, 3.8) is 0 Å². The van der Waals surface area contributed by atoms with Crippen LogP contribution in [0.1, 0.15) is 0 Å². The highest BCUT2D eigenvalue weighted by Gasteiger charge is 2.12. The summed E-state index contributed by atoms with van der Waals surface area (Å²) in [7, 11) is 0. The summed E-state index contributed by atoms with van der Waals surface area (Å²) in [6, 6.07) is 26.2. The van der Waals surface area contributed by atoms with E-state index in [4.69, 9.17) is 16.6 Å². The Morgan fingerprint density at radius 3 is 2.66 bits per heavy atom. The number of pyridine rings is 1. The predicted octanol–water partition coefficient (Wildman–Crippen LogP) is 7.43. The molecule has 3 nitrogen and oxygen atoms in total. The number of rotatable bonds is 6. The van der Waals surface area contributed by atoms with Gasteiger partial charge in [0.05, 0.1) is 17.3 Å². The molecule has 32 heavy (non-hydrogen) atoms. The van der Waals surface area contributed by atoms with Gasteiger partial charge in [0.2, 0.25) is 0 Å². The van der Waals surface area contributed by atoms with E-state index in [2.05, 4.69) is 50.8 Å². The quantitative estimate of drug-likeness (QED) is 0.235. The van der Waals surface area contributed by atoms with E-state index in [1.54, 1.807) is 11.8 Å². The minimum Gasteiger partial charge on any atom is -0.390 e. The van der Waals surface area contributed by atoms with Crippen molar-refractivity contribution in [3.05, 3.63) is 94.6 Å². The van der Waals surface area contributed by atoms with Gasteiger partial charge in [0, 0.05) is 54.7 Å². The molecule has 0 aliphatic rings. The van der Waals surface area contributed by atoms with Crippen molar-refractivity contribution < 1.29 is 5.11 Å². The standard InChI is InChI=1S/C26H20BrClN2OS/c27-19-7-10-25-18(13-19)11-12-30(25)15-21(31)16-32-26-14-24(17-5-8-20(28)9-6-17)29-23-4-2-1-3-22(23)26/h1-14,21,31H,15-16H2. The monoisotopic (exact) mass is 522 g/mol. The van der Waals surface area contributed by atoms with Crippen LogP contribution in [0, 0.1) is 0 Å². The second-order valence-electron chi connectivity index (χ2n) is 7.67. The first-order valence-corrected chi connectivity index (χ1v) is 12.4. The molecule has 0 amide bonds. The van der Waals surface area contributed by atoms with E-state index >= 15 is 0 Å². The summed E-state index contributed by atoms with van der Waals surface area (Å²) in [5, 5.41) is 13.8. The van der Waals surface area contributed by atoms with Gasteiger partial charge in [0.15, 0.2) is 0 Å². The van der Waals surface area contributed by atoms with E-state index in [0.717, 1.165) is 42.4 Å². The van der Waals surface area contributed by atoms with Crippen LogP contribution >= 0.6 is 39.3 Å². The molecular weight excluding hydrogens is 504 g/mol. The Kier molecular flexibility index (Phi) is 6.24. The molecule has 0 saturated carbocycles. The summed E-state index contributed by atoms with van der Waals surface area (Å²) < 4.78 is 3.16. The van der Waals surface area contributed by atoms with Gasteiger partial charge in [-0.15, -0.1) is 11.8 Å². The van der Waals surface area contributed by atoms with Crippen LogP contribution in [0.25, 0.3) is 33.1 Å². The number of thioether (sulfide) groups is 1. The van der Waals surface area contributed by atoms with Crippen LogP contribution in [0.5, 0.6) is 0 Å². The van der Waals surface area contributed by atoms with Crippen LogP contribution in [-0.4, -0.2) is 26.5 Å². The highest BCUT2D eigenvalue weighted by molar-refractivity contribution is 9.10. The third-order valence-electron chi connectivity index (χ3n) is 5.39. The number of hydrogen-bond donors (Lipinski definition) is 1. The molecule has 160 valence electrons. The van der Waals surface area contributed by atoms with Gasteiger partial charge in [-0.2, -0.15) is 0 Å². The largest absolute Gasteiger partial charge is 0.390 e. The molecule has 0 aliphatic carbocycles. The van der Waals surface area contributed by atoms with Crippen molar-refractivity contribution >= 4 is 61.1 Å². The first-order valence-electron chi connectivity index (χ1n) is 10.3. The average molecular weight is 524 g/mol. The van der Waals surface area contributed by atoms with Crippen LogP contribution in [0.4, 0.5) is 0 Å². The van der Waals surface area contributed by atoms with Gasteiger partial charge in [-0.05, 0) is 48.5 Å². The lowest BCUT2D eigenvalue weighted by Gasteiger charge is -2.14. The van der Waals surface area contributed by atoms with Crippen LogP contribution < -0.4 is 0 Å². The van der Waals surface area contributed by atoms with Crippen molar-refractivity contribution in [2.45, 2.75) is 17.5 Å². The van der Waals surface area contributed by atoms with Gasteiger partial charge in [0.1, 0.15) is 0 Å². The van der Waals surface area contributed by atoms with Gasteiger partial charge >= 0.3 is 0 Å². The number of fused-ring (bicyclic) bond motifs is 2. The molecule has 0 spiro atoms. The third kappa shape index (κ3) is 4.57. The van der Waals surface area contributed by atoms with Crippen molar-refractivity contribution in [1.82, 2.24) is 9.55 Å². The SMILES string of the molecule is OC(CSc1cc(-c2ccc(Cl)cc2)nc2ccccc12)Cn1ccc2cc(Br)ccc21. The Bertz CT molecular complexity index is 1400. The molecule has 2 aromatic heterocycles. The third-order valence-corrected chi connectivity index (χ3v) is 7.34. The molecule has 3 aromatic carbocycles. The Hall–Kier alpha value is -2.31. The second-order valence-corrected chi connectivity index (χ2v) is 10.1. The maximum Gasteiger partial charge on any atom is 0.0812 e. The summed E-state index contributed by atoms with van der Waals surface area (Å²) in [4.78, 5) is 5.95. The number of aromatic nitrogens is 2. The lowest BCUT2D eigenvalue weighted by molar-refractivity contribution is 0.180. The van der Waals surface area contributed by atoms with Crippen molar-refractivity contribution in [3.8, 4) is 11.3 Å². The average Bonchev–Trinajstić information content (AvgIpc) is 3.19. The first kappa shape index (κ1) is 21.5. The Morgan fingerprint density at radius 2 is 1.81 bits per heavy atom. The molecule has 5 rings (SSSR count). The highest BCUT2D eigenvalue weighted by atomic mass is 79.9. The van der Waals surface area contributed by atoms with Gasteiger partial charge < -0.3 is 9.67 Å². The fraction of sp³-hybridized carbons (Fsp3) is 0.115. The van der Waals surface area contributed by atoms with E-state index in [9.17, 15) is 5.11 Å². The molecule has 2 heterocycles. The number of nitrogens with zero attached hydrogens (tertiary/aromatic N) is 2. The fourth-order valence-electron chi connectivity index (χ4n) is 3.83. The summed E-state index contributed by atoms with van der Waals surface area (Å²) in [6.45, 7) is 0.547. The number of aliphatic hydroxyl groups excluding tert-OH is 1. The summed E-state index contributed by atoms with van der Waals surface area (Å²) in [5.74, 6) is 0.588. The highest BCUT2D eigenvalue weighted by Crippen LogP contribution is 2.32. The molecule has 0 bridgehead atoms. The second kappa shape index (κ2) is 9.28. The minimum atomic E-state index is -0.481. The van der Waals surface area contributed by atoms with E-state index in [-0.39, 0.29) is 0 Å². The first-order chi connectivity index (χ1) is 15.6. The number of benzene rings is 3. The summed E-state index contributed by atoms with van der Waals surface area (Å²) in [6.07, 6.45) is 1.55. The Morgan fingerprint density at radius 1 is 1.00 bits per heavy atom. The van der Waals surface area contributed by atoms with Gasteiger partial charge in [-0.3, -0.25) is 0 Å². The minimum absolute atomic E-state index is 0.481. The zero-order valence-corrected chi connectivity index (χ0v) is 20.2. The van der Waals surface area contributed by atoms with E-state index < -0.39 is 6.10 Å². The number of aliphatic hydroxyl groups is 1. The lowest BCUT2D eigenvalue weighted by atomic mass is 10.1. The lowest BCUT2D eigenvalue weighted by Crippen LogP contribution is -2.17. The maximum absolute atomic E-state index is 10.8.